The summed E-state index contributed by atoms with van der Waals surface area (Å²) in [4.78, 5) is 25.4. The molecule has 10 heteroatoms. The van der Waals surface area contributed by atoms with Crippen molar-refractivity contribution in [2.45, 2.75) is 31.6 Å². The largest absolute Gasteiger partial charge is 0.518 e. The smallest absolute Gasteiger partial charge is 0.407 e. The molecule has 0 fully saturated rings. The summed E-state index contributed by atoms with van der Waals surface area (Å²) in [5, 5.41) is 2.49. The number of alkyl carbamates (subject to hydrolysis) is 1. The van der Waals surface area contributed by atoms with Crippen LogP contribution in [0.4, 0.5) is 4.79 Å². The Hall–Kier alpha value is -2.45. The Balaban J connectivity index is 1.73. The van der Waals surface area contributed by atoms with Crippen LogP contribution in [-0.4, -0.2) is 53.4 Å². The standard InChI is InChI=1S/C23H30NO7PSi/c1-28-32(27,29-2)15-21(22(25)31-33(3,4)5)24-23(26)30-14-20-18-12-8-6-10-16(18)17-11-7-9-13-19(17)20/h6-13,20-21H,14-15H2,1-5H3,(H,24,26)/t21-/m0/s1. The van der Waals surface area contributed by atoms with Gasteiger partial charge in [-0.15, -0.1) is 0 Å². The average Bonchev–Trinajstić information content (AvgIpc) is 3.10. The summed E-state index contributed by atoms with van der Waals surface area (Å²) in [6.45, 7) is 5.59. The van der Waals surface area contributed by atoms with Gasteiger partial charge in [0.15, 0.2) is 0 Å². The molecule has 1 N–H and O–H groups in total. The topological polar surface area (TPSA) is 100 Å². The molecule has 0 aliphatic heterocycles. The maximum Gasteiger partial charge on any atom is 0.407 e. The maximum atomic E-state index is 12.7. The molecule has 1 aliphatic carbocycles. The second kappa shape index (κ2) is 10.2. The molecule has 0 spiro atoms. The highest BCUT2D eigenvalue weighted by Crippen LogP contribution is 2.47. The third kappa shape index (κ3) is 6.12. The van der Waals surface area contributed by atoms with Crippen molar-refractivity contribution in [2.75, 3.05) is 27.0 Å². The molecule has 0 unspecified atom stereocenters. The molecule has 1 aliphatic rings. The molecule has 0 saturated heterocycles. The Bertz CT molecular complexity index is 1020. The van der Waals surface area contributed by atoms with E-state index in [-0.39, 0.29) is 18.7 Å². The molecule has 178 valence electrons. The van der Waals surface area contributed by atoms with Gasteiger partial charge in [-0.05, 0) is 41.9 Å². The molecule has 0 bridgehead atoms. The molecule has 1 amide bonds. The lowest BCUT2D eigenvalue weighted by molar-refractivity contribution is -0.136. The number of ether oxygens (including phenoxy) is 1. The fourth-order valence-electron chi connectivity index (χ4n) is 3.78. The lowest BCUT2D eigenvalue weighted by Gasteiger charge is -2.25. The first kappa shape index (κ1) is 25.2. The first-order valence-electron chi connectivity index (χ1n) is 10.6. The minimum Gasteiger partial charge on any atom is -0.518 e. The maximum absolute atomic E-state index is 12.7. The van der Waals surface area contributed by atoms with Gasteiger partial charge in [-0.1, -0.05) is 48.5 Å². The second-order valence-electron chi connectivity index (χ2n) is 8.71. The fraction of sp³-hybridized carbons (Fsp3) is 0.391. The minimum atomic E-state index is -3.60. The zero-order valence-electron chi connectivity index (χ0n) is 19.5. The van der Waals surface area contributed by atoms with Crippen LogP contribution in [0, 0.1) is 0 Å². The van der Waals surface area contributed by atoms with Crippen LogP contribution < -0.4 is 5.32 Å². The van der Waals surface area contributed by atoms with Crippen molar-refractivity contribution in [2.24, 2.45) is 0 Å². The highest BCUT2D eigenvalue weighted by molar-refractivity contribution is 7.53. The second-order valence-corrected chi connectivity index (χ2v) is 15.5. The molecule has 0 aromatic heterocycles. The van der Waals surface area contributed by atoms with Gasteiger partial charge in [-0.2, -0.15) is 0 Å². The van der Waals surface area contributed by atoms with E-state index in [4.69, 9.17) is 18.2 Å². The number of fused-ring (bicyclic) bond motifs is 3. The Labute approximate surface area is 195 Å². The Morgan fingerprint density at radius 3 is 1.97 bits per heavy atom. The SMILES string of the molecule is COP(=O)(C[C@H](NC(=O)OCC1c2ccccc2-c2ccccc21)C(=O)O[Si](C)(C)C)OC. The van der Waals surface area contributed by atoms with E-state index in [1.807, 2.05) is 68.2 Å². The van der Waals surface area contributed by atoms with E-state index in [1.54, 1.807) is 0 Å². The molecule has 0 radical (unpaired) electrons. The van der Waals surface area contributed by atoms with Crippen molar-refractivity contribution in [3.05, 3.63) is 59.7 Å². The fourth-order valence-corrected chi connectivity index (χ4v) is 5.66. The van der Waals surface area contributed by atoms with Crippen LogP contribution in [-0.2, 0) is 27.6 Å². The van der Waals surface area contributed by atoms with E-state index in [9.17, 15) is 14.2 Å². The molecule has 2 aromatic carbocycles. The summed E-state index contributed by atoms with van der Waals surface area (Å²) in [6, 6.07) is 14.7. The van der Waals surface area contributed by atoms with Crippen molar-refractivity contribution in [1.29, 1.82) is 0 Å². The van der Waals surface area contributed by atoms with Gasteiger partial charge in [0, 0.05) is 20.1 Å². The number of carbonyl (C=O) groups is 2. The molecule has 1 atom stereocenters. The van der Waals surface area contributed by atoms with Gasteiger partial charge in [0.25, 0.3) is 0 Å². The minimum absolute atomic E-state index is 0.0852. The van der Waals surface area contributed by atoms with E-state index in [0.29, 0.717) is 0 Å². The monoisotopic (exact) mass is 491 g/mol. The van der Waals surface area contributed by atoms with Crippen molar-refractivity contribution >= 4 is 28.0 Å². The Kier molecular flexibility index (Phi) is 7.79. The summed E-state index contributed by atoms with van der Waals surface area (Å²) in [5.41, 5.74) is 4.37. The quantitative estimate of drug-likeness (QED) is 0.399. The summed E-state index contributed by atoms with van der Waals surface area (Å²) in [6.07, 6.45) is -1.18. The van der Waals surface area contributed by atoms with Crippen LogP contribution in [0.15, 0.2) is 48.5 Å². The van der Waals surface area contributed by atoms with Gasteiger partial charge in [-0.25, -0.2) is 4.79 Å². The number of benzene rings is 2. The molecule has 8 nitrogen and oxygen atoms in total. The molecule has 0 saturated carbocycles. The first-order chi connectivity index (χ1) is 15.6. The number of hydrogen-bond donors (Lipinski definition) is 1. The van der Waals surface area contributed by atoms with Gasteiger partial charge in [0.1, 0.15) is 12.6 Å². The van der Waals surface area contributed by atoms with E-state index in [2.05, 4.69) is 5.32 Å². The highest BCUT2D eigenvalue weighted by atomic mass is 31.2. The lowest BCUT2D eigenvalue weighted by Crippen LogP contribution is -2.47. The van der Waals surface area contributed by atoms with E-state index in [1.165, 1.54) is 14.2 Å². The zero-order valence-corrected chi connectivity index (χ0v) is 21.4. The van der Waals surface area contributed by atoms with Gasteiger partial charge in [0.05, 0.1) is 6.16 Å². The third-order valence-corrected chi connectivity index (χ3v) is 8.03. The van der Waals surface area contributed by atoms with Crippen molar-refractivity contribution < 1.29 is 32.4 Å². The third-order valence-electron chi connectivity index (χ3n) is 5.29. The number of rotatable bonds is 9. The average molecular weight is 492 g/mol. The Morgan fingerprint density at radius 1 is 0.970 bits per heavy atom. The number of hydrogen-bond acceptors (Lipinski definition) is 7. The molecule has 0 heterocycles. The molecule has 2 aromatic rings. The molecule has 33 heavy (non-hydrogen) atoms. The van der Waals surface area contributed by atoms with E-state index < -0.39 is 34.0 Å². The van der Waals surface area contributed by atoms with Gasteiger partial charge in [0.2, 0.25) is 8.32 Å². The summed E-state index contributed by atoms with van der Waals surface area (Å²) < 4.78 is 33.5. The Morgan fingerprint density at radius 2 is 1.48 bits per heavy atom. The van der Waals surface area contributed by atoms with Gasteiger partial charge < -0.3 is 23.5 Å². The summed E-state index contributed by atoms with van der Waals surface area (Å²) in [5.74, 6) is -0.823. The predicted octanol–water partition coefficient (Wildman–Crippen LogP) is 4.76. The van der Waals surface area contributed by atoms with Crippen LogP contribution in [0.2, 0.25) is 19.6 Å². The summed E-state index contributed by atoms with van der Waals surface area (Å²) >= 11 is 0. The number of carbonyl (C=O) groups excluding carboxylic acids is 2. The normalized spacial score (nSPS) is 14.2. The van der Waals surface area contributed by atoms with Crippen LogP contribution in [0.5, 0.6) is 0 Å². The molecular weight excluding hydrogens is 461 g/mol. The van der Waals surface area contributed by atoms with Crippen LogP contribution >= 0.6 is 7.60 Å². The first-order valence-corrected chi connectivity index (χ1v) is 15.8. The van der Waals surface area contributed by atoms with E-state index in [0.717, 1.165) is 22.3 Å². The molecular formula is C23H30NO7PSi. The van der Waals surface area contributed by atoms with Gasteiger partial charge in [-0.3, -0.25) is 9.36 Å². The molecule has 3 rings (SSSR count). The van der Waals surface area contributed by atoms with Crippen molar-refractivity contribution in [3.63, 3.8) is 0 Å². The van der Waals surface area contributed by atoms with Gasteiger partial charge >= 0.3 is 19.7 Å². The van der Waals surface area contributed by atoms with Crippen LogP contribution in [0.3, 0.4) is 0 Å². The summed E-state index contributed by atoms with van der Waals surface area (Å²) in [7, 11) is -3.42. The highest BCUT2D eigenvalue weighted by Gasteiger charge is 2.36. The lowest BCUT2D eigenvalue weighted by atomic mass is 9.98. The number of nitrogens with one attached hydrogen (secondary N) is 1. The van der Waals surface area contributed by atoms with E-state index >= 15 is 0 Å². The predicted molar refractivity (Wildman–Crippen MR) is 128 cm³/mol. The zero-order chi connectivity index (χ0) is 24.2. The van der Waals surface area contributed by atoms with Crippen molar-refractivity contribution in [3.8, 4) is 11.1 Å². The van der Waals surface area contributed by atoms with Crippen LogP contribution in [0.1, 0.15) is 17.0 Å². The van der Waals surface area contributed by atoms with Crippen molar-refractivity contribution in [1.82, 2.24) is 5.32 Å². The number of amides is 1. The van der Waals surface area contributed by atoms with Crippen LogP contribution in [0.25, 0.3) is 11.1 Å².